The molecule has 21 heavy (non-hydrogen) atoms. The minimum Gasteiger partial charge on any atom is -0.478 e. The zero-order chi connectivity index (χ0) is 15.9. The topological polar surface area (TPSA) is 72.8 Å². The van der Waals surface area contributed by atoms with Crippen LogP contribution < -0.4 is 0 Å². The molecule has 1 aromatic carbocycles. The second-order valence-corrected chi connectivity index (χ2v) is 8.07. The maximum Gasteiger partial charge on any atom is 0.378 e. The lowest BCUT2D eigenvalue weighted by molar-refractivity contribution is 0.0696. The maximum atomic E-state index is 12.4. The molecule has 8 heteroatoms. The molecular weight excluding hydrogens is 331 g/mol. The summed E-state index contributed by atoms with van der Waals surface area (Å²) in [6.45, 7) is 3.87. The minimum atomic E-state index is -3.44. The summed E-state index contributed by atoms with van der Waals surface area (Å²) >= 11 is 6.23. The Morgan fingerprint density at radius 3 is 2.38 bits per heavy atom. The molecule has 0 radical (unpaired) electrons. The Bertz CT molecular complexity index is 551. The average Bonchev–Trinajstić information content (AvgIpc) is 2.45. The van der Waals surface area contributed by atoms with Crippen molar-refractivity contribution in [1.29, 1.82) is 0 Å². The molecule has 0 bridgehead atoms. The molecule has 0 aliphatic heterocycles. The summed E-state index contributed by atoms with van der Waals surface area (Å²) in [5.41, 5.74) is 0.812. The fourth-order valence-electron chi connectivity index (χ4n) is 1.56. The second-order valence-electron chi connectivity index (χ2n) is 3.85. The number of aromatic carboxylic acids is 1. The van der Waals surface area contributed by atoms with E-state index in [1.54, 1.807) is 32.0 Å². The Morgan fingerprint density at radius 1 is 1.29 bits per heavy atom. The van der Waals surface area contributed by atoms with Crippen molar-refractivity contribution >= 4 is 41.5 Å². The van der Waals surface area contributed by atoms with Gasteiger partial charge in [-0.3, -0.25) is 4.57 Å². The van der Waals surface area contributed by atoms with Crippen LogP contribution in [0.4, 0.5) is 0 Å². The molecule has 0 amide bonds. The Labute approximate surface area is 133 Å². The first-order valence-electron chi connectivity index (χ1n) is 6.32. The molecule has 116 valence electrons. The average molecular weight is 348 g/mol. The van der Waals surface area contributed by atoms with E-state index < -0.39 is 13.6 Å². The standard InChI is InChI=1S/C13H17O5PS2/c1-3-17-19(16,18-4-2)13(20)21-9-10-7-5-6-8-11(10)12(14)15/h5-8H,3-4,9H2,1-2H3,(H,14,15). The summed E-state index contributed by atoms with van der Waals surface area (Å²) in [5, 5.41) is 9.11. The van der Waals surface area contributed by atoms with Crippen LogP contribution in [-0.4, -0.2) is 28.2 Å². The van der Waals surface area contributed by atoms with Crippen LogP contribution in [0.3, 0.4) is 0 Å². The first-order chi connectivity index (χ1) is 9.94. The first-order valence-corrected chi connectivity index (χ1v) is 9.25. The van der Waals surface area contributed by atoms with Crippen LogP contribution in [0, 0.1) is 0 Å². The molecule has 1 rings (SSSR count). The lowest BCUT2D eigenvalue weighted by Gasteiger charge is -2.17. The van der Waals surface area contributed by atoms with Gasteiger partial charge in [0.2, 0.25) is 0 Å². The fourth-order valence-corrected chi connectivity index (χ4v) is 4.69. The molecule has 0 aliphatic rings. The molecule has 0 aromatic heterocycles. The van der Waals surface area contributed by atoms with E-state index in [9.17, 15) is 9.36 Å². The van der Waals surface area contributed by atoms with Crippen LogP contribution in [0.5, 0.6) is 0 Å². The maximum absolute atomic E-state index is 12.4. The number of rotatable bonds is 8. The third-order valence-electron chi connectivity index (χ3n) is 2.42. The summed E-state index contributed by atoms with van der Waals surface area (Å²) in [4.78, 5) is 11.1. The predicted molar refractivity (Wildman–Crippen MR) is 88.2 cm³/mol. The molecule has 1 aromatic rings. The number of hydrogen-bond acceptors (Lipinski definition) is 6. The molecule has 0 spiro atoms. The number of benzene rings is 1. The molecule has 0 aliphatic carbocycles. The summed E-state index contributed by atoms with van der Waals surface area (Å²) in [6, 6.07) is 6.62. The van der Waals surface area contributed by atoms with E-state index in [1.165, 1.54) is 6.07 Å². The Kier molecular flexibility index (Phi) is 7.56. The van der Waals surface area contributed by atoms with Gasteiger partial charge in [0.25, 0.3) is 0 Å². The predicted octanol–water partition coefficient (Wildman–Crippen LogP) is 4.17. The highest BCUT2D eigenvalue weighted by molar-refractivity contribution is 8.35. The highest BCUT2D eigenvalue weighted by Gasteiger charge is 2.30. The van der Waals surface area contributed by atoms with Crippen LogP contribution in [0.15, 0.2) is 24.3 Å². The van der Waals surface area contributed by atoms with E-state index in [0.29, 0.717) is 11.3 Å². The number of hydrogen-bond donors (Lipinski definition) is 1. The molecule has 1 N–H and O–H groups in total. The minimum absolute atomic E-state index is 0.117. The van der Waals surface area contributed by atoms with Gasteiger partial charge in [-0.2, -0.15) is 0 Å². The Hall–Kier alpha value is -0.720. The number of thioether (sulfide) groups is 1. The van der Waals surface area contributed by atoms with E-state index in [0.717, 1.165) is 11.8 Å². The third kappa shape index (κ3) is 5.20. The normalized spacial score (nSPS) is 11.3. The van der Waals surface area contributed by atoms with Crippen molar-refractivity contribution in [3.05, 3.63) is 35.4 Å². The first kappa shape index (κ1) is 18.3. The van der Waals surface area contributed by atoms with Gasteiger partial charge in [-0.1, -0.05) is 30.4 Å². The van der Waals surface area contributed by atoms with Gasteiger partial charge in [0, 0.05) is 5.75 Å². The Balaban J connectivity index is 2.81. The van der Waals surface area contributed by atoms with Crippen molar-refractivity contribution in [2.75, 3.05) is 13.2 Å². The molecule has 0 saturated heterocycles. The van der Waals surface area contributed by atoms with Gasteiger partial charge >= 0.3 is 13.6 Å². The van der Waals surface area contributed by atoms with Crippen molar-refractivity contribution in [2.24, 2.45) is 0 Å². The monoisotopic (exact) mass is 348 g/mol. The van der Waals surface area contributed by atoms with Gasteiger partial charge < -0.3 is 14.2 Å². The second kappa shape index (κ2) is 8.66. The zero-order valence-corrected chi connectivity index (χ0v) is 14.3. The number of carboxylic acid groups (broad SMARTS) is 1. The third-order valence-corrected chi connectivity index (χ3v) is 6.85. The van der Waals surface area contributed by atoms with Crippen LogP contribution in [0.25, 0.3) is 0 Å². The van der Waals surface area contributed by atoms with Gasteiger partial charge in [0.15, 0.2) is 3.94 Å². The van der Waals surface area contributed by atoms with Crippen LogP contribution in [-0.2, 0) is 19.4 Å². The lowest BCUT2D eigenvalue weighted by atomic mass is 10.1. The molecule has 0 heterocycles. The van der Waals surface area contributed by atoms with Crippen LogP contribution in [0.2, 0.25) is 0 Å². The van der Waals surface area contributed by atoms with Crippen molar-refractivity contribution in [3.63, 3.8) is 0 Å². The summed E-state index contributed by atoms with van der Waals surface area (Å²) in [5.74, 6) is -0.708. The summed E-state index contributed by atoms with van der Waals surface area (Å²) in [6.07, 6.45) is 0. The molecule has 0 saturated carbocycles. The quantitative estimate of drug-likeness (QED) is 0.558. The van der Waals surface area contributed by atoms with E-state index in [1.807, 2.05) is 0 Å². The van der Waals surface area contributed by atoms with E-state index in [-0.39, 0.29) is 22.7 Å². The zero-order valence-electron chi connectivity index (χ0n) is 11.8. The van der Waals surface area contributed by atoms with Crippen LogP contribution in [0.1, 0.15) is 29.8 Å². The Morgan fingerprint density at radius 2 is 1.86 bits per heavy atom. The summed E-state index contributed by atoms with van der Waals surface area (Å²) < 4.78 is 22.9. The SMILES string of the molecule is CCOP(=O)(OCC)C(=S)SCc1ccccc1C(=O)O. The molecule has 0 atom stereocenters. The summed E-state index contributed by atoms with van der Waals surface area (Å²) in [7, 11) is -3.44. The van der Waals surface area contributed by atoms with Gasteiger partial charge in [0.1, 0.15) is 0 Å². The highest BCUT2D eigenvalue weighted by atomic mass is 32.2. The smallest absolute Gasteiger partial charge is 0.378 e. The fraction of sp³-hybridized carbons (Fsp3) is 0.385. The number of carbonyl (C=O) groups is 1. The molecule has 0 unspecified atom stereocenters. The molecular formula is C13H17O5PS2. The molecule has 5 nitrogen and oxygen atoms in total. The largest absolute Gasteiger partial charge is 0.478 e. The lowest BCUT2D eigenvalue weighted by Crippen LogP contribution is -2.04. The van der Waals surface area contributed by atoms with E-state index in [4.69, 9.17) is 26.4 Å². The van der Waals surface area contributed by atoms with Crippen molar-refractivity contribution in [3.8, 4) is 0 Å². The van der Waals surface area contributed by atoms with Crippen molar-refractivity contribution < 1.29 is 23.5 Å². The van der Waals surface area contributed by atoms with Gasteiger partial charge in [0.05, 0.1) is 18.8 Å². The number of thiocarbonyl (C=S) groups is 1. The van der Waals surface area contributed by atoms with Crippen LogP contribution >= 0.6 is 31.6 Å². The molecule has 0 fully saturated rings. The van der Waals surface area contributed by atoms with E-state index >= 15 is 0 Å². The van der Waals surface area contributed by atoms with Gasteiger partial charge in [-0.15, -0.1) is 11.8 Å². The van der Waals surface area contributed by atoms with Gasteiger partial charge in [-0.05, 0) is 25.5 Å². The van der Waals surface area contributed by atoms with E-state index in [2.05, 4.69) is 0 Å². The van der Waals surface area contributed by atoms with Crippen molar-refractivity contribution in [1.82, 2.24) is 0 Å². The number of carboxylic acids is 1. The van der Waals surface area contributed by atoms with Crippen molar-refractivity contribution in [2.45, 2.75) is 19.6 Å². The highest BCUT2D eigenvalue weighted by Crippen LogP contribution is 2.53. The van der Waals surface area contributed by atoms with Gasteiger partial charge in [-0.25, -0.2) is 4.79 Å².